The molecule has 0 radical (unpaired) electrons. The molecule has 1 heterocycles. The first kappa shape index (κ1) is 11.1. The number of aliphatic hydroxyl groups excluding tert-OH is 1. The number of rotatable bonds is 3. The minimum Gasteiger partial charge on any atom is -0.387 e. The Bertz CT molecular complexity index is 317. The lowest BCUT2D eigenvalue weighted by Crippen LogP contribution is -1.98. The average molecular weight is 340 g/mol. The van der Waals surface area contributed by atoms with Gasteiger partial charge in [-0.25, -0.2) is 0 Å². The molecule has 1 aliphatic carbocycles. The minimum absolute atomic E-state index is 0.257. The molecule has 3 atom stereocenters. The van der Waals surface area contributed by atoms with Crippen LogP contribution in [0.3, 0.4) is 0 Å². The van der Waals surface area contributed by atoms with Crippen LogP contribution in [0.2, 0.25) is 0 Å². The Labute approximate surface area is 105 Å². The highest BCUT2D eigenvalue weighted by Gasteiger charge is 2.42. The zero-order chi connectivity index (χ0) is 10.3. The molecule has 1 aliphatic rings. The van der Waals surface area contributed by atoms with Crippen molar-refractivity contribution in [3.8, 4) is 0 Å². The quantitative estimate of drug-likeness (QED) is 0.867. The standard InChI is InChI=1S/C10H12Br2OS/c1-2-5-3-6(5)9(13)8-4-7(11)10(12)14-8/h4-6,9,13H,2-3H2,1H3/t5-,6-,9?/m1/s1. The SMILES string of the molecule is CC[C@@H]1C[C@H]1C(O)c1cc(Br)c(Br)s1. The van der Waals surface area contributed by atoms with Crippen molar-refractivity contribution >= 4 is 43.2 Å². The highest BCUT2D eigenvalue weighted by atomic mass is 79.9. The Morgan fingerprint density at radius 1 is 1.64 bits per heavy atom. The van der Waals surface area contributed by atoms with Crippen LogP contribution >= 0.6 is 43.2 Å². The summed E-state index contributed by atoms with van der Waals surface area (Å²) in [5.74, 6) is 1.24. The summed E-state index contributed by atoms with van der Waals surface area (Å²) in [6.45, 7) is 2.19. The van der Waals surface area contributed by atoms with Crippen molar-refractivity contribution in [2.24, 2.45) is 11.8 Å². The van der Waals surface area contributed by atoms with Gasteiger partial charge in [0, 0.05) is 9.35 Å². The zero-order valence-corrected chi connectivity index (χ0v) is 11.8. The van der Waals surface area contributed by atoms with E-state index in [1.165, 1.54) is 12.8 Å². The molecular weight excluding hydrogens is 328 g/mol. The van der Waals surface area contributed by atoms with Gasteiger partial charge in [0.15, 0.2) is 0 Å². The fraction of sp³-hybridized carbons (Fsp3) is 0.600. The van der Waals surface area contributed by atoms with E-state index in [1.54, 1.807) is 11.3 Å². The normalized spacial score (nSPS) is 27.7. The maximum atomic E-state index is 10.1. The molecule has 14 heavy (non-hydrogen) atoms. The lowest BCUT2D eigenvalue weighted by atomic mass is 10.1. The van der Waals surface area contributed by atoms with Gasteiger partial charge in [-0.05, 0) is 56.2 Å². The van der Waals surface area contributed by atoms with Crippen molar-refractivity contribution in [1.82, 2.24) is 0 Å². The molecule has 0 aromatic carbocycles. The predicted molar refractivity (Wildman–Crippen MR) is 66.6 cm³/mol. The molecule has 1 aromatic rings. The van der Waals surface area contributed by atoms with Crippen LogP contribution in [0, 0.1) is 11.8 Å². The van der Waals surface area contributed by atoms with E-state index >= 15 is 0 Å². The molecule has 1 N–H and O–H groups in total. The van der Waals surface area contributed by atoms with Crippen molar-refractivity contribution in [2.75, 3.05) is 0 Å². The fourth-order valence-electron chi connectivity index (χ4n) is 1.85. The van der Waals surface area contributed by atoms with Gasteiger partial charge in [0.1, 0.15) is 0 Å². The molecule has 1 fully saturated rings. The van der Waals surface area contributed by atoms with Crippen LogP contribution in [0.4, 0.5) is 0 Å². The van der Waals surface area contributed by atoms with Crippen LogP contribution in [0.1, 0.15) is 30.7 Å². The van der Waals surface area contributed by atoms with Crippen LogP contribution < -0.4 is 0 Å². The smallest absolute Gasteiger partial charge is 0.0913 e. The van der Waals surface area contributed by atoms with Crippen molar-refractivity contribution in [3.05, 3.63) is 19.2 Å². The van der Waals surface area contributed by atoms with Crippen LogP contribution in [0.25, 0.3) is 0 Å². The van der Waals surface area contributed by atoms with Gasteiger partial charge in [-0.3, -0.25) is 0 Å². The van der Waals surface area contributed by atoms with Crippen LogP contribution in [-0.2, 0) is 0 Å². The highest BCUT2D eigenvalue weighted by molar-refractivity contribution is 9.13. The molecule has 1 saturated carbocycles. The molecule has 1 nitrogen and oxygen atoms in total. The molecule has 0 saturated heterocycles. The molecule has 78 valence electrons. The van der Waals surface area contributed by atoms with Crippen LogP contribution in [-0.4, -0.2) is 5.11 Å². The van der Waals surface area contributed by atoms with Crippen LogP contribution in [0.15, 0.2) is 14.3 Å². The number of thiophene rings is 1. The second-order valence-corrected chi connectivity index (χ2v) is 7.04. The fourth-order valence-corrected chi connectivity index (χ4v) is 4.00. The second kappa shape index (κ2) is 4.24. The molecule has 0 spiro atoms. The van der Waals surface area contributed by atoms with Gasteiger partial charge in [0.25, 0.3) is 0 Å². The third-order valence-corrected chi connectivity index (χ3v) is 6.19. The van der Waals surface area contributed by atoms with Gasteiger partial charge < -0.3 is 5.11 Å². The monoisotopic (exact) mass is 338 g/mol. The van der Waals surface area contributed by atoms with E-state index in [-0.39, 0.29) is 6.10 Å². The zero-order valence-electron chi connectivity index (χ0n) is 7.84. The Hall–Kier alpha value is 0.620. The first-order chi connectivity index (χ1) is 6.63. The number of halogens is 2. The van der Waals surface area contributed by atoms with E-state index in [1.807, 2.05) is 6.07 Å². The Balaban J connectivity index is 2.08. The third kappa shape index (κ3) is 2.08. The van der Waals surface area contributed by atoms with Crippen molar-refractivity contribution in [3.63, 3.8) is 0 Å². The summed E-state index contributed by atoms with van der Waals surface area (Å²) in [6.07, 6.45) is 2.12. The number of aliphatic hydroxyl groups is 1. The van der Waals surface area contributed by atoms with E-state index in [0.717, 1.165) is 19.1 Å². The van der Waals surface area contributed by atoms with E-state index < -0.39 is 0 Å². The molecule has 0 aliphatic heterocycles. The van der Waals surface area contributed by atoms with Gasteiger partial charge in [-0.2, -0.15) is 0 Å². The van der Waals surface area contributed by atoms with Crippen LogP contribution in [0.5, 0.6) is 0 Å². The van der Waals surface area contributed by atoms with Gasteiger partial charge in [-0.15, -0.1) is 11.3 Å². The minimum atomic E-state index is -0.257. The second-order valence-electron chi connectivity index (χ2n) is 3.78. The number of hydrogen-bond acceptors (Lipinski definition) is 2. The molecule has 4 heteroatoms. The van der Waals surface area contributed by atoms with Gasteiger partial charge in [-0.1, -0.05) is 13.3 Å². The molecule has 0 amide bonds. The van der Waals surface area contributed by atoms with E-state index in [9.17, 15) is 5.11 Å². The van der Waals surface area contributed by atoms with E-state index in [2.05, 4.69) is 38.8 Å². The molecule has 1 unspecified atom stereocenters. The third-order valence-electron chi connectivity index (χ3n) is 2.86. The first-order valence-corrected chi connectivity index (χ1v) is 7.16. The molecule has 2 rings (SSSR count). The topological polar surface area (TPSA) is 20.2 Å². The molecule has 0 bridgehead atoms. The Morgan fingerprint density at radius 3 is 2.79 bits per heavy atom. The maximum Gasteiger partial charge on any atom is 0.0913 e. The van der Waals surface area contributed by atoms with Gasteiger partial charge in [0.2, 0.25) is 0 Å². The van der Waals surface area contributed by atoms with E-state index in [0.29, 0.717) is 5.92 Å². The summed E-state index contributed by atoms with van der Waals surface area (Å²) in [5, 5.41) is 10.1. The molecule has 1 aromatic heterocycles. The first-order valence-electron chi connectivity index (χ1n) is 4.76. The Morgan fingerprint density at radius 2 is 2.36 bits per heavy atom. The predicted octanol–water partition coefficient (Wildman–Crippen LogP) is 4.35. The largest absolute Gasteiger partial charge is 0.387 e. The summed E-state index contributed by atoms with van der Waals surface area (Å²) in [4.78, 5) is 1.07. The summed E-state index contributed by atoms with van der Waals surface area (Å²) in [7, 11) is 0. The highest BCUT2D eigenvalue weighted by Crippen LogP contribution is 2.51. The summed E-state index contributed by atoms with van der Waals surface area (Å²) >= 11 is 8.51. The lowest BCUT2D eigenvalue weighted by Gasteiger charge is -2.06. The average Bonchev–Trinajstić information content (AvgIpc) is 2.87. The summed E-state index contributed by atoms with van der Waals surface area (Å²) in [6, 6.07) is 2.02. The summed E-state index contributed by atoms with van der Waals surface area (Å²) < 4.78 is 2.12. The summed E-state index contributed by atoms with van der Waals surface area (Å²) in [5.41, 5.74) is 0. The molecular formula is C10H12Br2OS. The van der Waals surface area contributed by atoms with Crippen molar-refractivity contribution in [1.29, 1.82) is 0 Å². The lowest BCUT2D eigenvalue weighted by molar-refractivity contribution is 0.150. The van der Waals surface area contributed by atoms with Crippen molar-refractivity contribution in [2.45, 2.75) is 25.9 Å². The maximum absolute atomic E-state index is 10.1. The van der Waals surface area contributed by atoms with Crippen molar-refractivity contribution < 1.29 is 5.11 Å². The van der Waals surface area contributed by atoms with Gasteiger partial charge >= 0.3 is 0 Å². The van der Waals surface area contributed by atoms with E-state index in [4.69, 9.17) is 0 Å². The van der Waals surface area contributed by atoms with Gasteiger partial charge in [0.05, 0.1) is 9.89 Å². The Kier molecular flexibility index (Phi) is 3.37. The number of hydrogen-bond donors (Lipinski definition) is 1.